The maximum absolute atomic E-state index is 12.3. The lowest BCUT2D eigenvalue weighted by molar-refractivity contribution is -0.384. The van der Waals surface area contributed by atoms with Crippen LogP contribution in [0, 0.1) is 17.0 Å². The van der Waals surface area contributed by atoms with E-state index in [-0.39, 0.29) is 11.3 Å². The second-order valence-corrected chi connectivity index (χ2v) is 6.37. The average molecular weight is 392 g/mol. The molecule has 2 aromatic rings. The van der Waals surface area contributed by atoms with Crippen LogP contribution < -0.4 is 10.2 Å². The van der Waals surface area contributed by atoms with Crippen molar-refractivity contribution in [1.29, 1.82) is 0 Å². The Balaban J connectivity index is 2.09. The SMILES string of the molecule is Cc1ccc(NC(=O)COC(=O)c2cc([N+](=O)[O-])ccc2N(C)C)c(Cl)c1. The molecule has 9 heteroatoms. The number of rotatable bonds is 6. The number of nitrogens with one attached hydrogen (secondary N) is 1. The molecule has 0 aliphatic heterocycles. The van der Waals surface area contributed by atoms with Crippen molar-refractivity contribution in [2.75, 3.05) is 30.9 Å². The van der Waals surface area contributed by atoms with Crippen LogP contribution in [-0.2, 0) is 9.53 Å². The summed E-state index contributed by atoms with van der Waals surface area (Å²) >= 11 is 6.04. The number of esters is 1. The summed E-state index contributed by atoms with van der Waals surface area (Å²) in [5.74, 6) is -1.42. The first-order valence-electron chi connectivity index (χ1n) is 7.88. The van der Waals surface area contributed by atoms with Crippen molar-refractivity contribution in [3.63, 3.8) is 0 Å². The maximum atomic E-state index is 12.3. The molecule has 2 rings (SSSR count). The molecule has 0 atom stereocenters. The summed E-state index contributed by atoms with van der Waals surface area (Å²) in [7, 11) is 3.37. The lowest BCUT2D eigenvalue weighted by Crippen LogP contribution is -2.22. The van der Waals surface area contributed by atoms with Crippen LogP contribution in [0.15, 0.2) is 36.4 Å². The van der Waals surface area contributed by atoms with Gasteiger partial charge >= 0.3 is 5.97 Å². The number of nitro groups is 1. The topological polar surface area (TPSA) is 102 Å². The van der Waals surface area contributed by atoms with Crippen molar-refractivity contribution in [1.82, 2.24) is 0 Å². The quantitative estimate of drug-likeness (QED) is 0.460. The summed E-state index contributed by atoms with van der Waals surface area (Å²) in [4.78, 5) is 36.3. The molecule has 0 unspecified atom stereocenters. The predicted molar refractivity (Wildman–Crippen MR) is 103 cm³/mol. The highest BCUT2D eigenvalue weighted by molar-refractivity contribution is 6.33. The van der Waals surface area contributed by atoms with Crippen LogP contribution in [0.25, 0.3) is 0 Å². The fourth-order valence-electron chi connectivity index (χ4n) is 2.31. The fraction of sp³-hybridized carbons (Fsp3) is 0.222. The summed E-state index contributed by atoms with van der Waals surface area (Å²) in [6.07, 6.45) is 0. The number of benzene rings is 2. The van der Waals surface area contributed by atoms with Crippen molar-refractivity contribution < 1.29 is 19.2 Å². The Morgan fingerprint density at radius 1 is 1.22 bits per heavy atom. The Morgan fingerprint density at radius 2 is 1.93 bits per heavy atom. The van der Waals surface area contributed by atoms with E-state index in [2.05, 4.69) is 5.32 Å². The van der Waals surface area contributed by atoms with E-state index in [4.69, 9.17) is 16.3 Å². The van der Waals surface area contributed by atoms with Crippen LogP contribution in [-0.4, -0.2) is 37.5 Å². The van der Waals surface area contributed by atoms with Crippen molar-refractivity contribution in [3.05, 3.63) is 62.7 Å². The second-order valence-electron chi connectivity index (χ2n) is 5.96. The molecule has 142 valence electrons. The number of non-ortho nitro benzene ring substituents is 1. The third-order valence-corrected chi connectivity index (χ3v) is 3.94. The first-order chi connectivity index (χ1) is 12.7. The van der Waals surface area contributed by atoms with E-state index in [1.165, 1.54) is 12.1 Å². The molecule has 0 saturated heterocycles. The molecular formula is C18H18ClN3O5. The monoisotopic (exact) mass is 391 g/mol. The number of carbonyl (C=O) groups excluding carboxylic acids is 2. The number of anilines is 2. The number of hydrogen-bond donors (Lipinski definition) is 1. The van der Waals surface area contributed by atoms with Crippen LogP contribution in [0.2, 0.25) is 5.02 Å². The zero-order valence-electron chi connectivity index (χ0n) is 15.0. The molecule has 0 heterocycles. The van der Waals surface area contributed by atoms with Crippen LogP contribution in [0.4, 0.5) is 17.1 Å². The van der Waals surface area contributed by atoms with Gasteiger partial charge in [-0.05, 0) is 30.7 Å². The molecule has 0 saturated carbocycles. The van der Waals surface area contributed by atoms with E-state index >= 15 is 0 Å². The zero-order valence-corrected chi connectivity index (χ0v) is 15.7. The molecule has 1 N–H and O–H groups in total. The first kappa shape index (κ1) is 20.2. The molecule has 27 heavy (non-hydrogen) atoms. The highest BCUT2D eigenvalue weighted by Gasteiger charge is 2.20. The Hall–Kier alpha value is -3.13. The smallest absolute Gasteiger partial charge is 0.341 e. The van der Waals surface area contributed by atoms with Crippen molar-refractivity contribution in [2.24, 2.45) is 0 Å². The van der Waals surface area contributed by atoms with Crippen LogP contribution in [0.5, 0.6) is 0 Å². The van der Waals surface area contributed by atoms with Gasteiger partial charge in [0.25, 0.3) is 11.6 Å². The van der Waals surface area contributed by atoms with E-state index in [0.29, 0.717) is 16.4 Å². The molecule has 8 nitrogen and oxygen atoms in total. The lowest BCUT2D eigenvalue weighted by atomic mass is 10.1. The highest BCUT2D eigenvalue weighted by Crippen LogP contribution is 2.25. The maximum Gasteiger partial charge on any atom is 0.341 e. The van der Waals surface area contributed by atoms with Gasteiger partial charge in [-0.25, -0.2) is 4.79 Å². The predicted octanol–water partition coefficient (Wildman–Crippen LogP) is 3.42. The van der Waals surface area contributed by atoms with Gasteiger partial charge < -0.3 is 15.0 Å². The Labute approximate surface area is 160 Å². The van der Waals surface area contributed by atoms with Gasteiger partial charge in [0.15, 0.2) is 6.61 Å². The van der Waals surface area contributed by atoms with Crippen molar-refractivity contribution in [3.8, 4) is 0 Å². The molecular weight excluding hydrogens is 374 g/mol. The highest BCUT2D eigenvalue weighted by atomic mass is 35.5. The lowest BCUT2D eigenvalue weighted by Gasteiger charge is -2.16. The Kier molecular flexibility index (Phi) is 6.36. The number of nitro benzene ring substituents is 1. The minimum atomic E-state index is -0.840. The van der Waals surface area contributed by atoms with Gasteiger partial charge in [0.1, 0.15) is 0 Å². The van der Waals surface area contributed by atoms with Gasteiger partial charge in [0.05, 0.1) is 26.9 Å². The second kappa shape index (κ2) is 8.50. The number of amides is 1. The molecule has 1 amide bonds. The summed E-state index contributed by atoms with van der Waals surface area (Å²) < 4.78 is 5.01. The van der Waals surface area contributed by atoms with Crippen molar-refractivity contribution >= 4 is 40.5 Å². The van der Waals surface area contributed by atoms with Gasteiger partial charge in [-0.1, -0.05) is 17.7 Å². The Morgan fingerprint density at radius 3 is 2.52 bits per heavy atom. The van der Waals surface area contributed by atoms with E-state index in [1.54, 1.807) is 37.2 Å². The fourth-order valence-corrected chi connectivity index (χ4v) is 2.59. The third kappa shape index (κ3) is 5.18. The van der Waals surface area contributed by atoms with Crippen LogP contribution >= 0.6 is 11.6 Å². The molecule has 0 bridgehead atoms. The number of hydrogen-bond acceptors (Lipinski definition) is 6. The molecule has 0 radical (unpaired) electrons. The Bertz CT molecular complexity index is 899. The number of ether oxygens (including phenoxy) is 1. The average Bonchev–Trinajstić information content (AvgIpc) is 2.61. The van der Waals surface area contributed by atoms with Gasteiger partial charge in [-0.2, -0.15) is 0 Å². The van der Waals surface area contributed by atoms with Gasteiger partial charge in [-0.15, -0.1) is 0 Å². The zero-order chi connectivity index (χ0) is 20.1. The number of aryl methyl sites for hydroxylation is 1. The summed E-state index contributed by atoms with van der Waals surface area (Å²) in [6.45, 7) is 1.30. The van der Waals surface area contributed by atoms with E-state index in [0.717, 1.165) is 11.6 Å². The molecule has 2 aromatic carbocycles. The number of carbonyl (C=O) groups is 2. The first-order valence-corrected chi connectivity index (χ1v) is 8.25. The minimum absolute atomic E-state index is 0.00429. The third-order valence-electron chi connectivity index (χ3n) is 3.63. The van der Waals surface area contributed by atoms with Gasteiger partial charge in [-0.3, -0.25) is 14.9 Å². The normalized spacial score (nSPS) is 10.2. The van der Waals surface area contributed by atoms with Gasteiger partial charge in [0, 0.05) is 26.2 Å². The molecule has 0 spiro atoms. The summed E-state index contributed by atoms with van der Waals surface area (Å²) in [5.41, 5.74) is 1.52. The summed E-state index contributed by atoms with van der Waals surface area (Å²) in [5, 5.41) is 13.9. The minimum Gasteiger partial charge on any atom is -0.452 e. The molecule has 0 aliphatic carbocycles. The number of nitrogens with zero attached hydrogens (tertiary/aromatic N) is 2. The number of halogens is 1. The van der Waals surface area contributed by atoms with Crippen LogP contribution in [0.1, 0.15) is 15.9 Å². The van der Waals surface area contributed by atoms with Crippen LogP contribution in [0.3, 0.4) is 0 Å². The van der Waals surface area contributed by atoms with E-state index in [9.17, 15) is 19.7 Å². The van der Waals surface area contributed by atoms with Crippen molar-refractivity contribution in [2.45, 2.75) is 6.92 Å². The summed E-state index contributed by atoms with van der Waals surface area (Å²) in [6, 6.07) is 8.96. The largest absolute Gasteiger partial charge is 0.452 e. The van der Waals surface area contributed by atoms with Gasteiger partial charge in [0.2, 0.25) is 0 Å². The molecule has 0 aromatic heterocycles. The standard InChI is InChI=1S/C18H18ClN3O5/c1-11-4-6-15(14(19)8-11)20-17(23)10-27-18(24)13-9-12(22(25)26)5-7-16(13)21(2)3/h4-9H,10H2,1-3H3,(H,20,23). The van der Waals surface area contributed by atoms with E-state index < -0.39 is 23.4 Å². The molecule has 0 aliphatic rings. The molecule has 0 fully saturated rings. The van der Waals surface area contributed by atoms with E-state index in [1.807, 2.05) is 6.92 Å².